The average Bonchev–Trinajstić information content (AvgIpc) is 3.15. The quantitative estimate of drug-likeness (QED) is 0.0466. The lowest BCUT2D eigenvalue weighted by Gasteiger charge is -2.17. The Kier molecular flexibility index (Phi) is 10.5. The highest BCUT2D eigenvalue weighted by Gasteiger charge is 2.25. The van der Waals surface area contributed by atoms with Gasteiger partial charge in [0.05, 0.1) is 34.4 Å². The van der Waals surface area contributed by atoms with Crippen molar-refractivity contribution in [2.24, 2.45) is 0 Å². The third-order valence-corrected chi connectivity index (χ3v) is 7.67. The van der Waals surface area contributed by atoms with E-state index in [0.717, 1.165) is 4.73 Å². The van der Waals surface area contributed by atoms with E-state index >= 15 is 0 Å². The largest absolute Gasteiger partial charge is 0.505 e. The van der Waals surface area contributed by atoms with Gasteiger partial charge in [-0.1, -0.05) is 12.1 Å². The van der Waals surface area contributed by atoms with E-state index in [2.05, 4.69) is 26.3 Å². The zero-order valence-corrected chi connectivity index (χ0v) is 28.7. The van der Waals surface area contributed by atoms with E-state index in [-0.39, 0.29) is 62.7 Å². The van der Waals surface area contributed by atoms with Gasteiger partial charge in [-0.15, -0.1) is 0 Å². The number of nitrogens with one attached hydrogen (secondary N) is 4. The fraction of sp³-hybridized carbons (Fsp3) is 0.111. The molecule has 0 bridgehead atoms. The molecule has 4 aromatic carbocycles. The maximum atomic E-state index is 12.1. The number of hydrogen-bond acceptors (Lipinski definition) is 14. The maximum absolute atomic E-state index is 12.1. The van der Waals surface area contributed by atoms with E-state index in [1.165, 1.54) is 52.7 Å². The summed E-state index contributed by atoms with van der Waals surface area (Å²) in [5.41, 5.74) is -1.48. The molecule has 17 nitrogen and oxygen atoms in total. The molecule has 270 valence electrons. The van der Waals surface area contributed by atoms with E-state index in [4.69, 9.17) is 0 Å². The summed E-state index contributed by atoms with van der Waals surface area (Å²) in [5, 5.41) is 41.1. The van der Waals surface area contributed by atoms with Crippen molar-refractivity contribution in [1.82, 2.24) is 14.8 Å². The Morgan fingerprint density at radius 1 is 0.604 bits per heavy atom. The van der Waals surface area contributed by atoms with Gasteiger partial charge in [0.15, 0.2) is 11.5 Å². The average molecular weight is 722 g/mol. The molecule has 2 amide bonds. The summed E-state index contributed by atoms with van der Waals surface area (Å²) in [7, 11) is 6.23. The highest BCUT2D eigenvalue weighted by molar-refractivity contribution is 6.00. The molecule has 0 aliphatic rings. The molecule has 0 aliphatic heterocycles. The summed E-state index contributed by atoms with van der Waals surface area (Å²) in [6.07, 6.45) is 5.79. The van der Waals surface area contributed by atoms with E-state index in [9.17, 15) is 44.2 Å². The summed E-state index contributed by atoms with van der Waals surface area (Å²) in [5.74, 6) is -1.42. The Morgan fingerprint density at radius 2 is 1.04 bits per heavy atom. The lowest BCUT2D eigenvalue weighted by atomic mass is 10.1. The molecule has 17 heteroatoms. The van der Waals surface area contributed by atoms with Gasteiger partial charge in [-0.05, 0) is 42.5 Å². The zero-order valence-electron chi connectivity index (χ0n) is 28.7. The van der Waals surface area contributed by atoms with Crippen LogP contribution in [-0.2, 0) is 0 Å². The minimum absolute atomic E-state index is 0.00469. The molecule has 0 spiro atoms. The van der Waals surface area contributed by atoms with Crippen molar-refractivity contribution in [3.8, 4) is 11.5 Å². The summed E-state index contributed by atoms with van der Waals surface area (Å²) < 4.78 is 0.795. The predicted molar refractivity (Wildman–Crippen MR) is 196 cm³/mol. The van der Waals surface area contributed by atoms with Crippen molar-refractivity contribution in [3.05, 3.63) is 137 Å². The third-order valence-electron chi connectivity index (χ3n) is 7.67. The van der Waals surface area contributed by atoms with Gasteiger partial charge in [0.25, 0.3) is 33.5 Å². The van der Waals surface area contributed by atoms with Crippen LogP contribution in [-0.4, -0.2) is 70.2 Å². The van der Waals surface area contributed by atoms with Crippen LogP contribution >= 0.6 is 0 Å². The third kappa shape index (κ3) is 7.63. The number of para-hydroxylation sites is 2. The molecule has 6 aromatic rings. The Morgan fingerprint density at radius 3 is 1.45 bits per heavy atom. The van der Waals surface area contributed by atoms with Crippen molar-refractivity contribution >= 4 is 57.3 Å². The topological polar surface area (TPSA) is 234 Å². The van der Waals surface area contributed by atoms with Crippen LogP contribution in [0, 0.1) is 0 Å². The molecule has 6 rings (SSSR count). The predicted octanol–water partition coefficient (Wildman–Crippen LogP) is 2.27. The van der Waals surface area contributed by atoms with Gasteiger partial charge in [-0.3, -0.25) is 39.0 Å². The Bertz CT molecular complexity index is 2480. The van der Waals surface area contributed by atoms with Gasteiger partial charge < -0.3 is 41.3 Å². The molecule has 2 heterocycles. The van der Waals surface area contributed by atoms with Crippen molar-refractivity contribution < 1.29 is 29.7 Å². The van der Waals surface area contributed by atoms with Gasteiger partial charge in [0.1, 0.15) is 28.4 Å². The monoisotopic (exact) mass is 721 g/mol. The van der Waals surface area contributed by atoms with E-state index in [0.29, 0.717) is 11.4 Å². The second kappa shape index (κ2) is 15.1. The first-order chi connectivity index (χ1) is 25.2. The number of nitrogens with zero attached hydrogens (tertiary/aromatic N) is 4. The number of rotatable bonds is 10. The first-order valence-electron chi connectivity index (χ1n) is 15.6. The van der Waals surface area contributed by atoms with Crippen LogP contribution in [0.4, 0.5) is 45.5 Å². The summed E-state index contributed by atoms with van der Waals surface area (Å²) >= 11 is 0. The van der Waals surface area contributed by atoms with Crippen LogP contribution in [0.2, 0.25) is 0 Å². The molecule has 53 heavy (non-hydrogen) atoms. The SMILES string of the molecule is CN(C)C(=O)c1cccc(Nc2c(Nc3ccc[n+](O)c3)c(=O)c2=O)c1O.CN(C)C(=O)c1cccc(Nc2c(Nc3cccnc3)c(=O)c2=O)c1O. The van der Waals surface area contributed by atoms with Gasteiger partial charge in [0.2, 0.25) is 12.4 Å². The second-order valence-electron chi connectivity index (χ2n) is 11.8. The van der Waals surface area contributed by atoms with Crippen LogP contribution in [0.25, 0.3) is 0 Å². The van der Waals surface area contributed by atoms with Gasteiger partial charge in [-0.2, -0.15) is 0 Å². The first-order valence-corrected chi connectivity index (χ1v) is 15.6. The highest BCUT2D eigenvalue weighted by Crippen LogP contribution is 2.34. The van der Waals surface area contributed by atoms with E-state index < -0.39 is 27.6 Å². The zero-order chi connectivity index (χ0) is 38.6. The number of phenolic OH excluding ortho intramolecular Hbond substituents is 2. The molecule has 0 aliphatic carbocycles. The smallest absolute Gasteiger partial charge is 0.257 e. The molecular weight excluding hydrogens is 688 g/mol. The minimum atomic E-state index is -0.756. The van der Waals surface area contributed by atoms with Crippen molar-refractivity contribution in [2.45, 2.75) is 0 Å². The Balaban J connectivity index is 0.000000204. The number of anilines is 8. The number of carbonyl (C=O) groups is 2. The highest BCUT2D eigenvalue weighted by atomic mass is 16.5. The maximum Gasteiger partial charge on any atom is 0.257 e. The fourth-order valence-corrected chi connectivity index (χ4v) is 4.91. The van der Waals surface area contributed by atoms with E-state index in [1.807, 2.05) is 0 Å². The number of aromatic hydroxyl groups is 2. The molecule has 0 saturated carbocycles. The Labute approximate surface area is 300 Å². The number of carbonyl (C=O) groups excluding carboxylic acids is 2. The van der Waals surface area contributed by atoms with Gasteiger partial charge in [-0.25, -0.2) is 0 Å². The summed E-state index contributed by atoms with van der Waals surface area (Å²) in [6.45, 7) is 0. The first kappa shape index (κ1) is 36.7. The van der Waals surface area contributed by atoms with Crippen molar-refractivity contribution in [3.63, 3.8) is 0 Å². The second-order valence-corrected chi connectivity index (χ2v) is 11.8. The van der Waals surface area contributed by atoms with Gasteiger partial charge >= 0.3 is 0 Å². The number of hydrogen-bond donors (Lipinski definition) is 7. The molecular formula is C36H33N8O9+. The molecule has 7 N–H and O–H groups in total. The van der Waals surface area contributed by atoms with Crippen molar-refractivity contribution in [1.29, 1.82) is 0 Å². The molecule has 0 unspecified atom stereocenters. The van der Waals surface area contributed by atoms with E-state index in [1.54, 1.807) is 70.8 Å². The van der Waals surface area contributed by atoms with Crippen LogP contribution in [0.1, 0.15) is 20.7 Å². The normalized spacial score (nSPS) is 10.6. The molecule has 0 radical (unpaired) electrons. The van der Waals surface area contributed by atoms with Gasteiger partial charge in [0, 0.05) is 45.2 Å². The lowest BCUT2D eigenvalue weighted by Crippen LogP contribution is -2.36. The molecule has 2 aromatic heterocycles. The number of pyridine rings is 2. The van der Waals surface area contributed by atoms with Crippen LogP contribution < -0.4 is 47.7 Å². The van der Waals surface area contributed by atoms with Crippen molar-refractivity contribution in [2.75, 3.05) is 49.5 Å². The standard InChI is InChI=1S/C18H16N4O5.C18H16N4O4/c1-21(2)18(26)11-6-3-7-12(15(11)23)20-14-13(16(24)17(14)25)19-10-5-4-8-22(27)9-10;1-22(2)18(26)11-6-3-7-12(15(11)23)21-14-13(16(24)17(14)25)20-10-5-4-8-19-9-10/h3-9H,1-2H3,(H3-,19,20,23,24,25,26,27);3-9,20-21,23H,1-2H3/p+1. The number of benzene rings is 2. The van der Waals surface area contributed by atoms with Crippen LogP contribution in [0.5, 0.6) is 11.5 Å². The number of amides is 2. The fourth-order valence-electron chi connectivity index (χ4n) is 4.91. The molecule has 0 fully saturated rings. The number of phenols is 2. The van der Waals surface area contributed by atoms with Crippen LogP contribution in [0.15, 0.2) is 105 Å². The molecule has 0 saturated heterocycles. The summed E-state index contributed by atoms with van der Waals surface area (Å²) in [4.78, 5) is 78.4. The lowest BCUT2D eigenvalue weighted by molar-refractivity contribution is -0.904. The Hall–Kier alpha value is -7.56. The number of aromatic nitrogens is 2. The minimum Gasteiger partial charge on any atom is -0.505 e. The van der Waals surface area contributed by atoms with Crippen LogP contribution in [0.3, 0.4) is 0 Å². The molecule has 0 atom stereocenters. The summed E-state index contributed by atoms with van der Waals surface area (Å²) in [6, 6.07) is 15.5.